The molecule has 1 aliphatic rings. The van der Waals surface area contributed by atoms with E-state index in [-0.39, 0.29) is 23.4 Å². The molecule has 1 fully saturated rings. The van der Waals surface area contributed by atoms with Gasteiger partial charge in [-0.05, 0) is 86.9 Å². The van der Waals surface area contributed by atoms with Crippen LogP contribution in [0.5, 0.6) is 11.5 Å². The molecule has 1 heterocycles. The van der Waals surface area contributed by atoms with E-state index in [1.165, 1.54) is 4.90 Å². The van der Waals surface area contributed by atoms with Gasteiger partial charge in [-0.15, -0.1) is 0 Å². The highest BCUT2D eigenvalue weighted by atomic mass is 79.9. The summed E-state index contributed by atoms with van der Waals surface area (Å²) in [4.78, 5) is 40.2. The Labute approximate surface area is 232 Å². The highest BCUT2D eigenvalue weighted by molar-refractivity contribution is 9.10. The number of hydrogen-bond donors (Lipinski definition) is 0. The minimum Gasteiger partial charge on any atom is -0.490 e. The summed E-state index contributed by atoms with van der Waals surface area (Å²) in [6, 6.07) is 25.8. The molecule has 6 nitrogen and oxygen atoms in total. The Morgan fingerprint density at radius 3 is 2.50 bits per heavy atom. The fraction of sp³-hybridized carbons (Fsp3) is 0.100. The highest BCUT2D eigenvalue weighted by Gasteiger charge is 2.35. The predicted octanol–water partition coefficient (Wildman–Crippen LogP) is 7.46. The molecule has 0 spiro atoms. The van der Waals surface area contributed by atoms with E-state index in [9.17, 15) is 14.4 Å². The molecule has 0 N–H and O–H groups in total. The van der Waals surface area contributed by atoms with Gasteiger partial charge in [0.25, 0.3) is 11.1 Å². The van der Waals surface area contributed by atoms with E-state index in [4.69, 9.17) is 9.47 Å². The normalized spacial score (nSPS) is 14.4. The van der Waals surface area contributed by atoms with Gasteiger partial charge in [0.05, 0.1) is 28.1 Å². The Bertz CT molecular complexity index is 1580. The van der Waals surface area contributed by atoms with E-state index in [0.29, 0.717) is 32.9 Å². The van der Waals surface area contributed by atoms with E-state index < -0.39 is 5.97 Å². The summed E-state index contributed by atoms with van der Waals surface area (Å²) >= 11 is 4.36. The van der Waals surface area contributed by atoms with Crippen LogP contribution in [0.15, 0.2) is 94.3 Å². The van der Waals surface area contributed by atoms with Crippen molar-refractivity contribution in [2.45, 2.75) is 13.5 Å². The number of carbonyl (C=O) groups is 3. The van der Waals surface area contributed by atoms with Gasteiger partial charge < -0.3 is 9.47 Å². The first-order valence-corrected chi connectivity index (χ1v) is 13.5. The average Bonchev–Trinajstić information content (AvgIpc) is 3.18. The average molecular weight is 588 g/mol. The second kappa shape index (κ2) is 11.2. The lowest BCUT2D eigenvalue weighted by Crippen LogP contribution is -2.27. The first-order chi connectivity index (χ1) is 18.4. The van der Waals surface area contributed by atoms with E-state index in [2.05, 4.69) is 15.9 Å². The molecule has 4 aromatic carbocycles. The smallest absolute Gasteiger partial charge is 0.343 e. The van der Waals surface area contributed by atoms with Crippen molar-refractivity contribution in [3.8, 4) is 11.5 Å². The molecule has 4 aromatic rings. The zero-order valence-corrected chi connectivity index (χ0v) is 22.8. The fourth-order valence-electron chi connectivity index (χ4n) is 4.15. The molecule has 0 bridgehead atoms. The first kappa shape index (κ1) is 25.8. The zero-order valence-electron chi connectivity index (χ0n) is 20.3. The number of halogens is 1. The Morgan fingerprint density at radius 2 is 1.71 bits per heavy atom. The van der Waals surface area contributed by atoms with Gasteiger partial charge in [-0.3, -0.25) is 14.5 Å². The minimum atomic E-state index is -0.519. The Balaban J connectivity index is 1.41. The molecule has 0 saturated carbocycles. The van der Waals surface area contributed by atoms with Gasteiger partial charge in [-0.25, -0.2) is 4.79 Å². The summed E-state index contributed by atoms with van der Waals surface area (Å²) in [5, 5.41) is 1.73. The van der Waals surface area contributed by atoms with Crippen LogP contribution in [0.2, 0.25) is 0 Å². The van der Waals surface area contributed by atoms with Gasteiger partial charge in [0.2, 0.25) is 0 Å². The Hall–Kier alpha value is -3.88. The van der Waals surface area contributed by atoms with Crippen LogP contribution in [0, 0.1) is 0 Å². The molecule has 1 aliphatic heterocycles. The summed E-state index contributed by atoms with van der Waals surface area (Å²) in [5.74, 6) is -0.300. The maximum atomic E-state index is 13.2. The number of nitrogens with zero attached hydrogens (tertiary/aromatic N) is 1. The molecule has 38 heavy (non-hydrogen) atoms. The molecule has 8 heteroatoms. The molecule has 1 saturated heterocycles. The van der Waals surface area contributed by atoms with Gasteiger partial charge in [0, 0.05) is 0 Å². The number of hydrogen-bond acceptors (Lipinski definition) is 6. The number of fused-ring (bicyclic) bond motifs is 1. The number of benzene rings is 4. The van der Waals surface area contributed by atoms with Gasteiger partial charge in [0.15, 0.2) is 11.5 Å². The van der Waals surface area contributed by atoms with Crippen LogP contribution in [0.3, 0.4) is 0 Å². The van der Waals surface area contributed by atoms with Crippen molar-refractivity contribution < 1.29 is 23.9 Å². The summed E-state index contributed by atoms with van der Waals surface area (Å²) in [6.07, 6.45) is 1.64. The SMILES string of the molecule is CCOc1cc(/C=C2\SC(=O)N(Cc3cccc4ccccc34)C2=O)cc(Br)c1OC(=O)c1ccccc1. The monoisotopic (exact) mass is 587 g/mol. The molecule has 2 amide bonds. The third-order valence-corrected chi connectivity index (χ3v) is 7.41. The second-order valence-electron chi connectivity index (χ2n) is 8.42. The van der Waals surface area contributed by atoms with Crippen LogP contribution in [-0.2, 0) is 11.3 Å². The molecule has 0 radical (unpaired) electrons. The lowest BCUT2D eigenvalue weighted by Gasteiger charge is -2.15. The van der Waals surface area contributed by atoms with Crippen molar-refractivity contribution in [2.24, 2.45) is 0 Å². The summed E-state index contributed by atoms with van der Waals surface area (Å²) < 4.78 is 11.9. The van der Waals surface area contributed by atoms with Crippen molar-refractivity contribution in [2.75, 3.05) is 6.61 Å². The fourth-order valence-corrected chi connectivity index (χ4v) is 5.53. The van der Waals surface area contributed by atoms with Crippen molar-refractivity contribution in [3.63, 3.8) is 0 Å². The molecule has 0 unspecified atom stereocenters. The van der Waals surface area contributed by atoms with Crippen molar-refractivity contribution in [1.82, 2.24) is 4.90 Å². The standard InChI is InChI=1S/C30H22BrNO5S/c1-2-36-25-16-19(15-24(31)27(25)37-29(34)21-10-4-3-5-11-21)17-26-28(33)32(30(35)38-26)18-22-13-8-12-20-9-6-7-14-23(20)22/h3-17H,2,18H2,1H3/b26-17-. The molecule has 0 aliphatic carbocycles. The van der Waals surface area contributed by atoms with Crippen molar-refractivity contribution in [3.05, 3.63) is 111 Å². The van der Waals surface area contributed by atoms with Gasteiger partial charge in [0.1, 0.15) is 0 Å². The minimum absolute atomic E-state index is 0.186. The molecule has 0 atom stereocenters. The van der Waals surface area contributed by atoms with E-state index in [1.807, 2.05) is 55.5 Å². The summed E-state index contributed by atoms with van der Waals surface area (Å²) in [7, 11) is 0. The number of imide groups is 1. The molecular weight excluding hydrogens is 566 g/mol. The van der Waals surface area contributed by atoms with Gasteiger partial charge in [-0.2, -0.15) is 0 Å². The lowest BCUT2D eigenvalue weighted by molar-refractivity contribution is -0.123. The third kappa shape index (κ3) is 5.37. The maximum Gasteiger partial charge on any atom is 0.343 e. The third-order valence-electron chi connectivity index (χ3n) is 5.92. The number of thioether (sulfide) groups is 1. The van der Waals surface area contributed by atoms with Crippen molar-refractivity contribution >= 4 is 61.7 Å². The number of rotatable bonds is 7. The number of carbonyl (C=O) groups excluding carboxylic acids is 3. The number of esters is 1. The van der Waals surface area contributed by atoms with Gasteiger partial charge >= 0.3 is 5.97 Å². The lowest BCUT2D eigenvalue weighted by atomic mass is 10.0. The van der Waals surface area contributed by atoms with Crippen LogP contribution in [0.1, 0.15) is 28.4 Å². The topological polar surface area (TPSA) is 72.9 Å². The summed E-state index contributed by atoms with van der Waals surface area (Å²) in [6.45, 7) is 2.35. The zero-order chi connectivity index (χ0) is 26.6. The Morgan fingerprint density at radius 1 is 0.974 bits per heavy atom. The maximum absolute atomic E-state index is 13.2. The van der Waals surface area contributed by atoms with Crippen LogP contribution in [0.25, 0.3) is 16.8 Å². The molecule has 5 rings (SSSR count). The van der Waals surface area contributed by atoms with E-state index >= 15 is 0 Å². The molecular formula is C30H22BrNO5S. The largest absolute Gasteiger partial charge is 0.490 e. The van der Waals surface area contributed by atoms with Crippen LogP contribution in [-0.4, -0.2) is 28.6 Å². The van der Waals surface area contributed by atoms with Gasteiger partial charge in [-0.1, -0.05) is 60.7 Å². The quantitative estimate of drug-likeness (QED) is 0.127. The predicted molar refractivity (Wildman–Crippen MR) is 152 cm³/mol. The van der Waals surface area contributed by atoms with Crippen molar-refractivity contribution in [1.29, 1.82) is 0 Å². The first-order valence-electron chi connectivity index (χ1n) is 11.9. The molecule has 0 aromatic heterocycles. The van der Waals surface area contributed by atoms with E-state index in [1.54, 1.807) is 42.5 Å². The highest BCUT2D eigenvalue weighted by Crippen LogP contribution is 2.40. The second-order valence-corrected chi connectivity index (χ2v) is 10.3. The van der Waals surface area contributed by atoms with Crippen LogP contribution in [0.4, 0.5) is 4.79 Å². The number of amides is 2. The van der Waals surface area contributed by atoms with Crippen LogP contribution < -0.4 is 9.47 Å². The molecule has 190 valence electrons. The Kier molecular flexibility index (Phi) is 7.62. The van der Waals surface area contributed by atoms with E-state index in [0.717, 1.165) is 28.1 Å². The summed E-state index contributed by atoms with van der Waals surface area (Å²) in [5.41, 5.74) is 1.93. The number of ether oxygens (including phenoxy) is 2. The van der Waals surface area contributed by atoms with Crippen LogP contribution >= 0.6 is 27.7 Å².